The molecule has 3 heteroatoms. The molecule has 1 nitrogen and oxygen atoms in total. The monoisotopic (exact) mass is 158 g/mol. The van der Waals surface area contributed by atoms with E-state index in [-0.39, 0.29) is 11.3 Å². The van der Waals surface area contributed by atoms with Crippen molar-refractivity contribution in [3.8, 4) is 5.75 Å². The quantitative estimate of drug-likeness (QED) is 0.666. The van der Waals surface area contributed by atoms with Gasteiger partial charge in [-0.15, -0.1) is 0 Å². The fourth-order valence-electron chi connectivity index (χ4n) is 0.949. The number of halogens is 2. The summed E-state index contributed by atoms with van der Waals surface area (Å²) in [7, 11) is 0. The van der Waals surface area contributed by atoms with Gasteiger partial charge in [0.2, 0.25) is 0 Å². The minimum absolute atomic E-state index is 0.271. The van der Waals surface area contributed by atoms with Crippen LogP contribution in [-0.2, 0) is 0 Å². The van der Waals surface area contributed by atoms with E-state index in [1.807, 2.05) is 0 Å². The molecule has 0 saturated carbocycles. The molecule has 0 aliphatic heterocycles. The average Bonchev–Trinajstić information content (AvgIpc) is 1.85. The summed E-state index contributed by atoms with van der Waals surface area (Å²) in [5.74, 6) is -0.333. The van der Waals surface area contributed by atoms with Crippen molar-refractivity contribution < 1.29 is 13.9 Å². The van der Waals surface area contributed by atoms with Gasteiger partial charge in [0.15, 0.2) is 0 Å². The minimum atomic E-state index is -2.60. The number of aryl methyl sites for hydroxylation is 1. The Morgan fingerprint density at radius 1 is 1.36 bits per heavy atom. The number of hydrogen-bond acceptors (Lipinski definition) is 1. The Hall–Kier alpha value is -1.12. The van der Waals surface area contributed by atoms with Gasteiger partial charge in [0.05, 0.1) is 5.56 Å². The summed E-state index contributed by atoms with van der Waals surface area (Å²) < 4.78 is 24.3. The zero-order valence-electron chi connectivity index (χ0n) is 6.01. The van der Waals surface area contributed by atoms with Crippen molar-refractivity contribution in [2.45, 2.75) is 13.3 Å². The number of phenols is 1. The van der Waals surface area contributed by atoms with Crippen LogP contribution in [0.2, 0.25) is 0 Å². The largest absolute Gasteiger partial charge is 0.507 e. The van der Waals surface area contributed by atoms with Crippen molar-refractivity contribution in [3.63, 3.8) is 0 Å². The molecular formula is C8H8F2O. The molecule has 0 aliphatic rings. The van der Waals surface area contributed by atoms with Crippen LogP contribution < -0.4 is 0 Å². The first kappa shape index (κ1) is 7.98. The van der Waals surface area contributed by atoms with Crippen molar-refractivity contribution in [1.29, 1.82) is 0 Å². The Balaban J connectivity index is 3.21. The molecule has 0 fully saturated rings. The van der Waals surface area contributed by atoms with Crippen LogP contribution in [0.15, 0.2) is 18.2 Å². The maximum Gasteiger partial charge on any atom is 0.267 e. The lowest BCUT2D eigenvalue weighted by Gasteiger charge is -2.05. The van der Waals surface area contributed by atoms with Crippen LogP contribution >= 0.6 is 0 Å². The Bertz CT molecular complexity index is 238. The molecule has 0 unspecified atom stereocenters. The van der Waals surface area contributed by atoms with Gasteiger partial charge in [-0.2, -0.15) is 0 Å². The predicted molar refractivity (Wildman–Crippen MR) is 37.8 cm³/mol. The van der Waals surface area contributed by atoms with Gasteiger partial charge in [-0.3, -0.25) is 0 Å². The SMILES string of the molecule is Cc1cccc(O)c1C(F)F. The zero-order chi connectivity index (χ0) is 8.43. The molecule has 0 bridgehead atoms. The molecule has 0 radical (unpaired) electrons. The molecule has 1 N–H and O–H groups in total. The maximum atomic E-state index is 12.1. The standard InChI is InChI=1S/C8H8F2O/c1-5-3-2-4-6(11)7(5)8(9)10/h2-4,8,11H,1H3. The van der Waals surface area contributed by atoms with Crippen LogP contribution in [0, 0.1) is 6.92 Å². The number of benzene rings is 1. The second-order valence-corrected chi connectivity index (χ2v) is 2.31. The first-order chi connectivity index (χ1) is 5.13. The summed E-state index contributed by atoms with van der Waals surface area (Å²) in [6, 6.07) is 4.34. The third kappa shape index (κ3) is 1.48. The fourth-order valence-corrected chi connectivity index (χ4v) is 0.949. The van der Waals surface area contributed by atoms with Crippen LogP contribution in [0.1, 0.15) is 17.6 Å². The highest BCUT2D eigenvalue weighted by Crippen LogP contribution is 2.30. The van der Waals surface area contributed by atoms with Crippen molar-refractivity contribution in [2.75, 3.05) is 0 Å². The lowest BCUT2D eigenvalue weighted by Crippen LogP contribution is -1.89. The summed E-state index contributed by atoms with van der Waals surface area (Å²) >= 11 is 0. The molecule has 1 aromatic carbocycles. The normalized spacial score (nSPS) is 10.5. The summed E-state index contributed by atoms with van der Waals surface area (Å²) in [6.07, 6.45) is -2.60. The fraction of sp³-hybridized carbons (Fsp3) is 0.250. The molecule has 0 spiro atoms. The van der Waals surface area contributed by atoms with Crippen LogP contribution in [0.25, 0.3) is 0 Å². The third-order valence-electron chi connectivity index (χ3n) is 1.52. The highest BCUT2D eigenvalue weighted by molar-refractivity contribution is 5.39. The van der Waals surface area contributed by atoms with E-state index in [0.717, 1.165) is 0 Å². The lowest BCUT2D eigenvalue weighted by atomic mass is 10.1. The van der Waals surface area contributed by atoms with Gasteiger partial charge in [-0.1, -0.05) is 12.1 Å². The van der Waals surface area contributed by atoms with Crippen molar-refractivity contribution in [1.82, 2.24) is 0 Å². The van der Waals surface area contributed by atoms with E-state index in [1.165, 1.54) is 12.1 Å². The van der Waals surface area contributed by atoms with E-state index in [4.69, 9.17) is 5.11 Å². The summed E-state index contributed by atoms with van der Waals surface area (Å²) in [5, 5.41) is 8.98. The molecule has 0 aromatic heterocycles. The minimum Gasteiger partial charge on any atom is -0.507 e. The highest BCUT2D eigenvalue weighted by Gasteiger charge is 2.14. The molecule has 0 atom stereocenters. The molecule has 1 rings (SSSR count). The molecule has 0 saturated heterocycles. The molecule has 0 amide bonds. The van der Waals surface area contributed by atoms with E-state index in [9.17, 15) is 8.78 Å². The van der Waals surface area contributed by atoms with Gasteiger partial charge < -0.3 is 5.11 Å². The Kier molecular flexibility index (Phi) is 2.08. The van der Waals surface area contributed by atoms with Gasteiger partial charge in [-0.05, 0) is 18.6 Å². The van der Waals surface area contributed by atoms with Gasteiger partial charge in [0, 0.05) is 0 Å². The summed E-state index contributed by atoms with van der Waals surface area (Å²) in [6.45, 7) is 1.54. The van der Waals surface area contributed by atoms with Crippen LogP contribution in [0.5, 0.6) is 5.75 Å². The number of alkyl halides is 2. The maximum absolute atomic E-state index is 12.1. The Labute approximate surface area is 63.3 Å². The molecule has 60 valence electrons. The van der Waals surface area contributed by atoms with E-state index in [0.29, 0.717) is 5.56 Å². The highest BCUT2D eigenvalue weighted by atomic mass is 19.3. The first-order valence-corrected chi connectivity index (χ1v) is 3.19. The molecule has 0 heterocycles. The van der Waals surface area contributed by atoms with Crippen molar-refractivity contribution in [3.05, 3.63) is 29.3 Å². The molecule has 11 heavy (non-hydrogen) atoms. The van der Waals surface area contributed by atoms with Gasteiger partial charge in [0.25, 0.3) is 6.43 Å². The van der Waals surface area contributed by atoms with Crippen molar-refractivity contribution in [2.24, 2.45) is 0 Å². The summed E-state index contributed by atoms with van der Waals surface area (Å²) in [4.78, 5) is 0. The second-order valence-electron chi connectivity index (χ2n) is 2.31. The number of hydrogen-bond donors (Lipinski definition) is 1. The lowest BCUT2D eigenvalue weighted by molar-refractivity contribution is 0.146. The van der Waals surface area contributed by atoms with E-state index in [2.05, 4.69) is 0 Å². The Morgan fingerprint density at radius 2 is 2.00 bits per heavy atom. The van der Waals surface area contributed by atoms with Gasteiger partial charge in [-0.25, -0.2) is 8.78 Å². The van der Waals surface area contributed by atoms with Gasteiger partial charge >= 0.3 is 0 Å². The number of rotatable bonds is 1. The zero-order valence-corrected chi connectivity index (χ0v) is 6.01. The predicted octanol–water partition coefficient (Wildman–Crippen LogP) is 2.64. The first-order valence-electron chi connectivity index (χ1n) is 3.19. The third-order valence-corrected chi connectivity index (χ3v) is 1.52. The summed E-state index contributed by atoms with van der Waals surface area (Å²) in [5.41, 5.74) is 0.146. The van der Waals surface area contributed by atoms with E-state index >= 15 is 0 Å². The number of phenolic OH excluding ortho intramolecular Hbond substituents is 1. The van der Waals surface area contributed by atoms with E-state index < -0.39 is 6.43 Å². The molecule has 1 aromatic rings. The van der Waals surface area contributed by atoms with Crippen LogP contribution in [-0.4, -0.2) is 5.11 Å². The molecular weight excluding hydrogens is 150 g/mol. The van der Waals surface area contributed by atoms with Crippen LogP contribution in [0.4, 0.5) is 8.78 Å². The molecule has 0 aliphatic carbocycles. The smallest absolute Gasteiger partial charge is 0.267 e. The van der Waals surface area contributed by atoms with Gasteiger partial charge in [0.1, 0.15) is 5.75 Å². The topological polar surface area (TPSA) is 20.2 Å². The van der Waals surface area contributed by atoms with Crippen molar-refractivity contribution >= 4 is 0 Å². The second kappa shape index (κ2) is 2.86. The van der Waals surface area contributed by atoms with Crippen LogP contribution in [0.3, 0.4) is 0 Å². The Morgan fingerprint density at radius 3 is 2.36 bits per heavy atom. The average molecular weight is 158 g/mol. The van der Waals surface area contributed by atoms with E-state index in [1.54, 1.807) is 13.0 Å². The number of aromatic hydroxyl groups is 1.